The molecule has 1 aromatic heterocycles. The summed E-state index contributed by atoms with van der Waals surface area (Å²) in [6, 6.07) is 2.19. The van der Waals surface area contributed by atoms with Gasteiger partial charge in [0.15, 0.2) is 0 Å². The van der Waals surface area contributed by atoms with Gasteiger partial charge in [-0.2, -0.15) is 0 Å². The Hall–Kier alpha value is -0.0100. The first kappa shape index (κ1) is 25.6. The van der Waals surface area contributed by atoms with Crippen LogP contribution in [-0.2, 0) is 4.74 Å². The van der Waals surface area contributed by atoms with Crippen LogP contribution in [0.1, 0.15) is 123 Å². The summed E-state index contributed by atoms with van der Waals surface area (Å²) in [7, 11) is 1.48. The van der Waals surface area contributed by atoms with Crippen molar-refractivity contribution in [2.75, 3.05) is 7.11 Å². The minimum atomic E-state index is -0.446. The molecule has 0 bridgehead atoms. The van der Waals surface area contributed by atoms with Gasteiger partial charge in [-0.1, -0.05) is 0 Å². The molecule has 2 unspecified atom stereocenters. The van der Waals surface area contributed by atoms with Gasteiger partial charge in [0.1, 0.15) is 0 Å². The Balaban J connectivity index is 1.66. The first-order valence-electron chi connectivity index (χ1n) is 12.3. The number of hydrogen-bond acceptors (Lipinski definition) is 4. The fourth-order valence-electron chi connectivity index (χ4n) is 4.76. The number of thiophene rings is 1. The SMILES string of the molecule is COC(=O)c1sc(C2CCCCCCCCC2)cc1O[I-]C1CCCCC(Cl)CCC1. The maximum atomic E-state index is 12.5. The molecule has 2 atom stereocenters. The first-order valence-corrected chi connectivity index (χ1v) is 15.7. The van der Waals surface area contributed by atoms with Crippen LogP contribution in [0.3, 0.4) is 0 Å². The van der Waals surface area contributed by atoms with Crippen LogP contribution in [-0.4, -0.2) is 22.4 Å². The zero-order chi connectivity index (χ0) is 21.9. The molecule has 6 heteroatoms. The van der Waals surface area contributed by atoms with Gasteiger partial charge in [0.25, 0.3) is 0 Å². The third-order valence-corrected chi connectivity index (χ3v) is 11.1. The van der Waals surface area contributed by atoms with Gasteiger partial charge in [0.05, 0.1) is 0 Å². The molecule has 1 heterocycles. The van der Waals surface area contributed by atoms with E-state index >= 15 is 0 Å². The topological polar surface area (TPSA) is 35.5 Å². The monoisotopic (exact) mass is 581 g/mol. The van der Waals surface area contributed by atoms with E-state index in [1.807, 2.05) is 0 Å². The Morgan fingerprint density at radius 3 is 2.19 bits per heavy atom. The summed E-state index contributed by atoms with van der Waals surface area (Å²) >= 11 is 7.58. The summed E-state index contributed by atoms with van der Waals surface area (Å²) in [5.74, 6) is 1.12. The molecule has 0 aromatic carbocycles. The van der Waals surface area contributed by atoms with Crippen molar-refractivity contribution in [2.24, 2.45) is 0 Å². The molecule has 0 saturated heterocycles. The molecule has 0 N–H and O–H groups in total. The molecule has 2 aliphatic carbocycles. The molecule has 2 aliphatic rings. The predicted octanol–water partition coefficient (Wildman–Crippen LogP) is 5.25. The van der Waals surface area contributed by atoms with Crippen molar-refractivity contribution < 1.29 is 34.2 Å². The van der Waals surface area contributed by atoms with Crippen molar-refractivity contribution in [3.05, 3.63) is 15.8 Å². The van der Waals surface area contributed by atoms with E-state index in [1.54, 1.807) is 11.3 Å². The van der Waals surface area contributed by atoms with Crippen LogP contribution in [0.15, 0.2) is 6.07 Å². The van der Waals surface area contributed by atoms with E-state index in [-0.39, 0.29) is 5.97 Å². The minimum absolute atomic E-state index is 0.241. The third-order valence-electron chi connectivity index (χ3n) is 6.67. The predicted molar refractivity (Wildman–Crippen MR) is 126 cm³/mol. The number of methoxy groups -OCH3 is 1. The summed E-state index contributed by atoms with van der Waals surface area (Å²) in [6.45, 7) is 0. The number of esters is 1. The molecule has 3 nitrogen and oxygen atoms in total. The van der Waals surface area contributed by atoms with Crippen LogP contribution in [0.5, 0.6) is 5.75 Å². The van der Waals surface area contributed by atoms with Gasteiger partial charge >= 0.3 is 210 Å². The zero-order valence-corrected chi connectivity index (χ0v) is 22.7. The summed E-state index contributed by atoms with van der Waals surface area (Å²) in [5, 5.41) is 0.348. The molecule has 3 rings (SSSR count). The number of carbonyl (C=O) groups excluding carboxylic acids is 1. The normalized spacial score (nSPS) is 25.2. The van der Waals surface area contributed by atoms with Crippen molar-refractivity contribution >= 4 is 28.9 Å². The van der Waals surface area contributed by atoms with Gasteiger partial charge in [-0.15, -0.1) is 0 Å². The van der Waals surface area contributed by atoms with Crippen molar-refractivity contribution in [1.82, 2.24) is 0 Å². The Kier molecular flexibility index (Phi) is 11.8. The number of hydrogen-bond donors (Lipinski definition) is 0. The summed E-state index contributed by atoms with van der Waals surface area (Å²) in [4.78, 5) is 14.5. The number of halogens is 2. The first-order chi connectivity index (χ1) is 15.2. The van der Waals surface area contributed by atoms with E-state index in [0.717, 1.165) is 18.6 Å². The van der Waals surface area contributed by atoms with E-state index in [0.29, 0.717) is 20.1 Å². The average molecular weight is 582 g/mol. The van der Waals surface area contributed by atoms with Gasteiger partial charge in [-0.25, -0.2) is 0 Å². The maximum absolute atomic E-state index is 12.5. The quantitative estimate of drug-likeness (QED) is 0.271. The van der Waals surface area contributed by atoms with Crippen LogP contribution in [0.4, 0.5) is 0 Å². The van der Waals surface area contributed by atoms with E-state index in [9.17, 15) is 4.79 Å². The van der Waals surface area contributed by atoms with Gasteiger partial charge in [-0.05, 0) is 0 Å². The van der Waals surface area contributed by atoms with Crippen molar-refractivity contribution in [3.8, 4) is 5.75 Å². The summed E-state index contributed by atoms with van der Waals surface area (Å²) in [5.41, 5.74) is 0. The van der Waals surface area contributed by atoms with Crippen LogP contribution in [0.2, 0.25) is 0 Å². The van der Waals surface area contributed by atoms with Crippen molar-refractivity contribution in [1.29, 1.82) is 0 Å². The fourth-order valence-corrected chi connectivity index (χ4v) is 8.76. The molecular formula is C25H39ClIO3S-. The van der Waals surface area contributed by atoms with Crippen LogP contribution >= 0.6 is 22.9 Å². The van der Waals surface area contributed by atoms with E-state index < -0.39 is 21.6 Å². The molecule has 0 spiro atoms. The molecule has 31 heavy (non-hydrogen) atoms. The number of carbonyl (C=O) groups is 1. The number of ether oxygens (including phenoxy) is 1. The Bertz CT molecular complexity index is 655. The molecule has 2 saturated carbocycles. The zero-order valence-electron chi connectivity index (χ0n) is 19.0. The number of alkyl halides is 2. The van der Waals surface area contributed by atoms with E-state index in [4.69, 9.17) is 19.4 Å². The Morgan fingerprint density at radius 1 is 0.903 bits per heavy atom. The van der Waals surface area contributed by atoms with Crippen LogP contribution < -0.4 is 24.7 Å². The number of rotatable bonds is 5. The second-order valence-corrected chi connectivity index (χ2v) is 13.6. The summed E-state index contributed by atoms with van der Waals surface area (Å²) in [6.07, 6.45) is 20.3. The molecular weight excluding hydrogens is 543 g/mol. The second kappa shape index (κ2) is 14.3. The van der Waals surface area contributed by atoms with Crippen LogP contribution in [0.25, 0.3) is 0 Å². The fraction of sp³-hybridized carbons (Fsp3) is 0.800. The van der Waals surface area contributed by atoms with E-state index in [2.05, 4.69) is 6.07 Å². The van der Waals surface area contributed by atoms with Gasteiger partial charge in [0.2, 0.25) is 0 Å². The van der Waals surface area contributed by atoms with Crippen molar-refractivity contribution in [3.63, 3.8) is 0 Å². The molecule has 0 aliphatic heterocycles. The molecule has 178 valence electrons. The molecule has 0 radical (unpaired) electrons. The summed E-state index contributed by atoms with van der Waals surface area (Å²) < 4.78 is 12.2. The van der Waals surface area contributed by atoms with Gasteiger partial charge in [0, 0.05) is 0 Å². The third kappa shape index (κ3) is 8.69. The second-order valence-electron chi connectivity index (χ2n) is 9.16. The standard InChI is InChI=1S/C25H39ClIO3S/c1-29-25(28)24-22(30-27-21-16-10-9-14-20(26)15-11-17-21)18-23(31-24)19-12-7-5-3-2-4-6-8-13-19/h18-21H,2-17H2,1H3/q-1. The average Bonchev–Trinajstić information content (AvgIpc) is 3.24. The van der Waals surface area contributed by atoms with Crippen molar-refractivity contribution in [2.45, 2.75) is 118 Å². The van der Waals surface area contributed by atoms with E-state index in [1.165, 1.54) is 102 Å². The van der Waals surface area contributed by atoms with Gasteiger partial charge < -0.3 is 0 Å². The molecule has 1 aromatic rings. The van der Waals surface area contributed by atoms with Gasteiger partial charge in [-0.3, -0.25) is 0 Å². The Labute approximate surface area is 208 Å². The Morgan fingerprint density at radius 2 is 1.48 bits per heavy atom. The molecule has 0 amide bonds. The van der Waals surface area contributed by atoms with Crippen LogP contribution in [0, 0.1) is 0 Å². The molecule has 2 fully saturated rings.